The number of rotatable bonds is 10. The molecule has 2 aromatic carbocycles. The zero-order chi connectivity index (χ0) is 18.6. The van der Waals surface area contributed by atoms with E-state index in [0.717, 1.165) is 5.56 Å². The topological polar surface area (TPSA) is 65.0 Å². The van der Waals surface area contributed by atoms with Gasteiger partial charge in [-0.25, -0.2) is 4.79 Å². The van der Waals surface area contributed by atoms with E-state index < -0.39 is 18.2 Å². The van der Waals surface area contributed by atoms with Crippen molar-refractivity contribution < 1.29 is 24.1 Å². The van der Waals surface area contributed by atoms with Crippen molar-refractivity contribution in [2.45, 2.75) is 25.7 Å². The van der Waals surface area contributed by atoms with E-state index in [0.29, 0.717) is 12.4 Å². The van der Waals surface area contributed by atoms with Crippen molar-refractivity contribution in [2.75, 3.05) is 13.2 Å². The third kappa shape index (κ3) is 7.09. The number of esters is 1. The zero-order valence-electron chi connectivity index (χ0n) is 14.8. The van der Waals surface area contributed by atoms with Gasteiger partial charge in [0.05, 0.1) is 19.8 Å². The van der Waals surface area contributed by atoms with Gasteiger partial charge < -0.3 is 19.3 Å². The fraction of sp³-hybridized carbons (Fsp3) is 0.286. The molecule has 0 aliphatic carbocycles. The molecule has 0 aliphatic heterocycles. The summed E-state index contributed by atoms with van der Waals surface area (Å²) >= 11 is 0. The Kier molecular flexibility index (Phi) is 8.39. The molecular formula is C21H24O5. The third-order valence-corrected chi connectivity index (χ3v) is 3.50. The average molecular weight is 356 g/mol. The lowest BCUT2D eigenvalue weighted by atomic mass is 10.2. The van der Waals surface area contributed by atoms with Gasteiger partial charge >= 0.3 is 5.97 Å². The van der Waals surface area contributed by atoms with Gasteiger partial charge in [-0.15, -0.1) is 0 Å². The molecule has 2 atom stereocenters. The van der Waals surface area contributed by atoms with Crippen molar-refractivity contribution in [1.29, 1.82) is 0 Å². The van der Waals surface area contributed by atoms with Crippen molar-refractivity contribution in [3.63, 3.8) is 0 Å². The number of aliphatic hydroxyl groups excluding tert-OH is 1. The molecule has 2 aromatic rings. The highest BCUT2D eigenvalue weighted by molar-refractivity contribution is 5.81. The van der Waals surface area contributed by atoms with E-state index in [1.807, 2.05) is 48.5 Å². The van der Waals surface area contributed by atoms with Gasteiger partial charge in [0.15, 0.2) is 0 Å². The molecule has 0 aliphatic rings. The van der Waals surface area contributed by atoms with E-state index in [1.54, 1.807) is 19.1 Å². The van der Waals surface area contributed by atoms with Crippen LogP contribution in [-0.2, 0) is 20.9 Å². The quantitative estimate of drug-likeness (QED) is 0.523. The van der Waals surface area contributed by atoms with Crippen LogP contribution >= 0.6 is 0 Å². The van der Waals surface area contributed by atoms with Gasteiger partial charge in [0.25, 0.3) is 0 Å². The Balaban J connectivity index is 1.95. The SMILES string of the molecule is CCOC(=O)/C=C/[C@@H](Oc1ccccc1)[C@H](O)COCc1ccccc1. The van der Waals surface area contributed by atoms with E-state index in [2.05, 4.69) is 0 Å². The summed E-state index contributed by atoms with van der Waals surface area (Å²) in [5, 5.41) is 10.4. The molecule has 0 aromatic heterocycles. The first-order chi connectivity index (χ1) is 12.7. The summed E-state index contributed by atoms with van der Waals surface area (Å²) in [6, 6.07) is 18.8. The molecule has 0 saturated heterocycles. The third-order valence-electron chi connectivity index (χ3n) is 3.50. The lowest BCUT2D eigenvalue weighted by Crippen LogP contribution is -2.34. The molecular weight excluding hydrogens is 332 g/mol. The molecule has 0 saturated carbocycles. The molecule has 0 fully saturated rings. The maximum atomic E-state index is 11.5. The standard InChI is InChI=1S/C21H24O5/c1-2-25-21(23)14-13-20(26-18-11-7-4-8-12-18)19(22)16-24-15-17-9-5-3-6-10-17/h3-14,19-20,22H,2,15-16H2,1H3/b14-13+/t19-,20-/m1/s1. The maximum Gasteiger partial charge on any atom is 0.330 e. The predicted octanol–water partition coefficient (Wildman–Crippen LogP) is 3.13. The number of hydrogen-bond donors (Lipinski definition) is 1. The Bertz CT molecular complexity index is 669. The Morgan fingerprint density at radius 3 is 2.38 bits per heavy atom. The molecule has 138 valence electrons. The van der Waals surface area contributed by atoms with E-state index in [4.69, 9.17) is 14.2 Å². The van der Waals surface area contributed by atoms with Crippen LogP contribution in [-0.4, -0.2) is 36.5 Å². The lowest BCUT2D eigenvalue weighted by Gasteiger charge is -2.21. The second-order valence-corrected chi connectivity index (χ2v) is 5.57. The van der Waals surface area contributed by atoms with E-state index >= 15 is 0 Å². The largest absolute Gasteiger partial charge is 0.484 e. The number of para-hydroxylation sites is 1. The number of ether oxygens (including phenoxy) is 3. The molecule has 2 rings (SSSR count). The van der Waals surface area contributed by atoms with Gasteiger partial charge in [-0.3, -0.25) is 0 Å². The number of aliphatic hydroxyl groups is 1. The molecule has 1 N–H and O–H groups in total. The van der Waals surface area contributed by atoms with Crippen LogP contribution in [0.4, 0.5) is 0 Å². The van der Waals surface area contributed by atoms with Gasteiger partial charge in [0.2, 0.25) is 0 Å². The smallest absolute Gasteiger partial charge is 0.330 e. The highest BCUT2D eigenvalue weighted by Gasteiger charge is 2.19. The van der Waals surface area contributed by atoms with Gasteiger partial charge in [0.1, 0.15) is 18.0 Å². The van der Waals surface area contributed by atoms with Crippen LogP contribution < -0.4 is 4.74 Å². The van der Waals surface area contributed by atoms with Gasteiger partial charge in [-0.05, 0) is 30.7 Å². The molecule has 0 bridgehead atoms. The van der Waals surface area contributed by atoms with Gasteiger partial charge in [-0.1, -0.05) is 48.5 Å². The molecule has 0 heterocycles. The second kappa shape index (κ2) is 11.1. The maximum absolute atomic E-state index is 11.5. The average Bonchev–Trinajstić information content (AvgIpc) is 2.67. The van der Waals surface area contributed by atoms with Crippen molar-refractivity contribution in [2.24, 2.45) is 0 Å². The van der Waals surface area contributed by atoms with Gasteiger partial charge in [-0.2, -0.15) is 0 Å². The first-order valence-corrected chi connectivity index (χ1v) is 8.55. The number of carbonyl (C=O) groups excluding carboxylic acids is 1. The molecule has 0 radical (unpaired) electrons. The minimum atomic E-state index is -0.940. The van der Waals surface area contributed by atoms with Crippen molar-refractivity contribution in [3.8, 4) is 5.75 Å². The fourth-order valence-corrected chi connectivity index (χ4v) is 2.23. The van der Waals surface area contributed by atoms with Crippen LogP contribution in [0.1, 0.15) is 12.5 Å². The molecule has 0 unspecified atom stereocenters. The zero-order valence-corrected chi connectivity index (χ0v) is 14.8. The second-order valence-electron chi connectivity index (χ2n) is 5.57. The highest BCUT2D eigenvalue weighted by Crippen LogP contribution is 2.14. The van der Waals surface area contributed by atoms with E-state index in [9.17, 15) is 9.90 Å². The Labute approximate surface area is 153 Å². The number of hydrogen-bond acceptors (Lipinski definition) is 5. The lowest BCUT2D eigenvalue weighted by molar-refractivity contribution is -0.137. The molecule has 5 nitrogen and oxygen atoms in total. The minimum absolute atomic E-state index is 0.0690. The first kappa shape index (κ1) is 19.7. The Hall–Kier alpha value is -2.63. The van der Waals surface area contributed by atoms with Crippen LogP contribution in [0.2, 0.25) is 0 Å². The van der Waals surface area contributed by atoms with E-state index in [1.165, 1.54) is 12.2 Å². The van der Waals surface area contributed by atoms with Crippen molar-refractivity contribution in [1.82, 2.24) is 0 Å². The molecule has 0 spiro atoms. The summed E-state index contributed by atoms with van der Waals surface area (Å²) in [5.74, 6) is 0.111. The fourth-order valence-electron chi connectivity index (χ4n) is 2.23. The minimum Gasteiger partial charge on any atom is -0.484 e. The Morgan fingerprint density at radius 2 is 1.73 bits per heavy atom. The van der Waals surface area contributed by atoms with Crippen molar-refractivity contribution >= 4 is 5.97 Å². The summed E-state index contributed by atoms with van der Waals surface area (Å²) in [5.41, 5.74) is 1.02. The summed E-state index contributed by atoms with van der Waals surface area (Å²) in [6.07, 6.45) is 1.07. The monoisotopic (exact) mass is 356 g/mol. The predicted molar refractivity (Wildman–Crippen MR) is 98.7 cm³/mol. The van der Waals surface area contributed by atoms with Crippen LogP contribution in [0, 0.1) is 0 Å². The highest BCUT2D eigenvalue weighted by atomic mass is 16.5. The molecule has 5 heteroatoms. The summed E-state index contributed by atoms with van der Waals surface area (Å²) in [4.78, 5) is 11.5. The number of benzene rings is 2. The Morgan fingerprint density at radius 1 is 1.08 bits per heavy atom. The van der Waals surface area contributed by atoms with Crippen LogP contribution in [0.25, 0.3) is 0 Å². The summed E-state index contributed by atoms with van der Waals surface area (Å²) in [7, 11) is 0. The van der Waals surface area contributed by atoms with Crippen LogP contribution in [0.5, 0.6) is 5.75 Å². The first-order valence-electron chi connectivity index (χ1n) is 8.55. The summed E-state index contributed by atoms with van der Waals surface area (Å²) < 4.78 is 16.2. The van der Waals surface area contributed by atoms with Crippen LogP contribution in [0.15, 0.2) is 72.8 Å². The van der Waals surface area contributed by atoms with E-state index in [-0.39, 0.29) is 13.2 Å². The van der Waals surface area contributed by atoms with Gasteiger partial charge in [0, 0.05) is 6.08 Å². The van der Waals surface area contributed by atoms with Crippen LogP contribution in [0.3, 0.4) is 0 Å². The molecule has 26 heavy (non-hydrogen) atoms. The number of carbonyl (C=O) groups is 1. The molecule has 0 amide bonds. The van der Waals surface area contributed by atoms with Crippen molar-refractivity contribution in [3.05, 3.63) is 78.4 Å². The normalized spacial score (nSPS) is 13.3. The summed E-state index contributed by atoms with van der Waals surface area (Å²) in [6.45, 7) is 2.48.